The molecule has 1 aliphatic heterocycles. The average Bonchev–Trinajstić information content (AvgIpc) is 2.97. The van der Waals surface area contributed by atoms with E-state index in [4.69, 9.17) is 18.9 Å². The van der Waals surface area contributed by atoms with Gasteiger partial charge in [0.2, 0.25) is 0 Å². The zero-order valence-corrected chi connectivity index (χ0v) is 26.1. The molecule has 8 heteroatoms. The second-order valence-corrected chi connectivity index (χ2v) is 12.0. The van der Waals surface area contributed by atoms with Gasteiger partial charge in [-0.25, -0.2) is 14.0 Å². The number of hydrogen-bond donors (Lipinski definition) is 0. The molecule has 1 aliphatic rings. The average molecular weight is 592 g/mol. The Morgan fingerprint density at radius 3 is 2.51 bits per heavy atom. The second kappa shape index (κ2) is 13.5. The van der Waals surface area contributed by atoms with Gasteiger partial charge in [-0.1, -0.05) is 36.4 Å². The molecule has 3 atom stereocenters. The summed E-state index contributed by atoms with van der Waals surface area (Å²) in [6.45, 7) is 9.71. The number of rotatable bonds is 9. The van der Waals surface area contributed by atoms with Crippen molar-refractivity contribution < 1.29 is 32.9 Å². The molecule has 0 saturated heterocycles. The van der Waals surface area contributed by atoms with E-state index in [1.54, 1.807) is 17.0 Å². The molecule has 0 fully saturated rings. The van der Waals surface area contributed by atoms with Crippen LogP contribution in [0.5, 0.6) is 11.5 Å². The Labute approximate surface area is 253 Å². The molecule has 0 radical (unpaired) electrons. The SMILES string of the molecule is COC(=O)c1cc(C2C[C@@H](CCCN(C(=O)OC(C)(C)C)[C@H](C)c3ccc(F)c(OC)c3)Oc3ccccc32)ccc1C. The van der Waals surface area contributed by atoms with Crippen LogP contribution >= 0.6 is 0 Å². The number of ether oxygens (including phenoxy) is 4. The molecule has 0 aromatic heterocycles. The first-order valence-corrected chi connectivity index (χ1v) is 14.7. The van der Waals surface area contributed by atoms with Crippen molar-refractivity contribution in [2.75, 3.05) is 20.8 Å². The number of carbonyl (C=O) groups is 2. The molecule has 0 spiro atoms. The van der Waals surface area contributed by atoms with E-state index in [1.807, 2.05) is 65.0 Å². The number of methoxy groups -OCH3 is 2. The zero-order chi connectivity index (χ0) is 31.3. The first-order valence-electron chi connectivity index (χ1n) is 14.7. The van der Waals surface area contributed by atoms with Gasteiger partial charge < -0.3 is 23.8 Å². The van der Waals surface area contributed by atoms with Crippen molar-refractivity contribution >= 4 is 12.1 Å². The maximum absolute atomic E-state index is 14.1. The molecule has 0 saturated carbocycles. The molecule has 0 N–H and O–H groups in total. The summed E-state index contributed by atoms with van der Waals surface area (Å²) in [7, 11) is 2.81. The van der Waals surface area contributed by atoms with Gasteiger partial charge in [0, 0.05) is 18.0 Å². The number of carbonyl (C=O) groups excluding carboxylic acids is 2. The van der Waals surface area contributed by atoms with E-state index in [0.717, 1.165) is 34.4 Å². The van der Waals surface area contributed by atoms with Crippen LogP contribution in [0.15, 0.2) is 60.7 Å². The topological polar surface area (TPSA) is 74.3 Å². The van der Waals surface area contributed by atoms with Gasteiger partial charge in [-0.05, 0) is 94.8 Å². The Hall–Kier alpha value is -4.07. The van der Waals surface area contributed by atoms with Gasteiger partial charge in [0.1, 0.15) is 11.4 Å². The van der Waals surface area contributed by atoms with E-state index >= 15 is 0 Å². The number of esters is 1. The van der Waals surface area contributed by atoms with Crippen LogP contribution in [0.2, 0.25) is 0 Å². The summed E-state index contributed by atoms with van der Waals surface area (Å²) in [5.41, 5.74) is 3.60. The van der Waals surface area contributed by atoms with Crippen LogP contribution in [0.25, 0.3) is 0 Å². The number of nitrogens with zero attached hydrogens (tertiary/aromatic N) is 1. The number of halogens is 1. The van der Waals surface area contributed by atoms with Gasteiger partial charge >= 0.3 is 12.1 Å². The van der Waals surface area contributed by atoms with Crippen molar-refractivity contribution in [3.8, 4) is 11.5 Å². The monoisotopic (exact) mass is 591 g/mol. The smallest absolute Gasteiger partial charge is 0.410 e. The molecule has 0 bridgehead atoms. The van der Waals surface area contributed by atoms with Crippen molar-refractivity contribution in [2.24, 2.45) is 0 Å². The Bertz CT molecular complexity index is 1450. The summed E-state index contributed by atoms with van der Waals surface area (Å²) in [6.07, 6.45) is 1.52. The minimum atomic E-state index is -0.671. The fourth-order valence-electron chi connectivity index (χ4n) is 5.54. The number of aryl methyl sites for hydroxylation is 1. The van der Waals surface area contributed by atoms with Crippen molar-refractivity contribution in [1.82, 2.24) is 4.90 Å². The van der Waals surface area contributed by atoms with Crippen LogP contribution in [0.4, 0.5) is 9.18 Å². The molecule has 43 heavy (non-hydrogen) atoms. The van der Waals surface area contributed by atoms with E-state index in [-0.39, 0.29) is 29.8 Å². The standard InChI is InChI=1S/C35H42FNO6/c1-22-14-15-25(19-28(22)33(38)41-7)29-21-26(42-31-13-9-8-12-27(29)31)11-10-18-37(34(39)43-35(3,4)5)23(2)24-16-17-30(36)32(20-24)40-6/h8-9,12-17,19-20,23,26,29H,10-11,18,21H2,1-7H3/t23-,26-,29?/m1/s1. The van der Waals surface area contributed by atoms with Crippen LogP contribution in [-0.4, -0.2) is 49.4 Å². The number of amides is 1. The predicted octanol–water partition coefficient (Wildman–Crippen LogP) is 7.99. The van der Waals surface area contributed by atoms with Crippen LogP contribution in [0.1, 0.15) is 91.5 Å². The molecule has 230 valence electrons. The fraction of sp³-hybridized carbons (Fsp3) is 0.429. The summed E-state index contributed by atoms with van der Waals surface area (Å²) < 4.78 is 36.5. The number of para-hydroxylation sites is 1. The summed E-state index contributed by atoms with van der Waals surface area (Å²) in [4.78, 5) is 27.4. The molecular formula is C35H42FNO6. The molecule has 4 rings (SSSR count). The normalized spacial score (nSPS) is 16.8. The number of hydrogen-bond acceptors (Lipinski definition) is 6. The number of benzene rings is 3. The highest BCUT2D eigenvalue weighted by Gasteiger charge is 2.31. The van der Waals surface area contributed by atoms with Crippen LogP contribution < -0.4 is 9.47 Å². The summed E-state index contributed by atoms with van der Waals surface area (Å²) in [6, 6.07) is 18.2. The lowest BCUT2D eigenvalue weighted by molar-refractivity contribution is 0.0160. The highest BCUT2D eigenvalue weighted by molar-refractivity contribution is 5.91. The first kappa shape index (κ1) is 31.9. The Morgan fingerprint density at radius 2 is 1.81 bits per heavy atom. The quantitative estimate of drug-likeness (QED) is 0.235. The van der Waals surface area contributed by atoms with Gasteiger partial charge in [-0.2, -0.15) is 0 Å². The minimum Gasteiger partial charge on any atom is -0.494 e. The lowest BCUT2D eigenvalue weighted by Gasteiger charge is -2.34. The summed E-state index contributed by atoms with van der Waals surface area (Å²) >= 11 is 0. The van der Waals surface area contributed by atoms with E-state index in [1.165, 1.54) is 20.3 Å². The molecule has 0 aliphatic carbocycles. The highest BCUT2D eigenvalue weighted by atomic mass is 19.1. The Kier molecular flexibility index (Phi) is 9.99. The van der Waals surface area contributed by atoms with Crippen molar-refractivity contribution in [1.29, 1.82) is 0 Å². The van der Waals surface area contributed by atoms with Gasteiger partial charge in [0.15, 0.2) is 11.6 Å². The molecule has 3 aromatic carbocycles. The fourth-order valence-corrected chi connectivity index (χ4v) is 5.54. The maximum atomic E-state index is 14.1. The maximum Gasteiger partial charge on any atom is 0.410 e. The van der Waals surface area contributed by atoms with Gasteiger partial charge in [-0.15, -0.1) is 0 Å². The van der Waals surface area contributed by atoms with E-state index in [2.05, 4.69) is 12.1 Å². The van der Waals surface area contributed by atoms with Crippen LogP contribution in [0, 0.1) is 12.7 Å². The molecular weight excluding hydrogens is 549 g/mol. The molecule has 1 unspecified atom stereocenters. The highest BCUT2D eigenvalue weighted by Crippen LogP contribution is 2.42. The third-order valence-corrected chi connectivity index (χ3v) is 7.83. The van der Waals surface area contributed by atoms with Gasteiger partial charge in [-0.3, -0.25) is 0 Å². The van der Waals surface area contributed by atoms with Crippen LogP contribution in [0.3, 0.4) is 0 Å². The lowest BCUT2D eigenvalue weighted by Crippen LogP contribution is -2.39. The molecule has 1 amide bonds. The largest absolute Gasteiger partial charge is 0.494 e. The van der Waals surface area contributed by atoms with E-state index < -0.39 is 17.5 Å². The Balaban J connectivity index is 1.54. The first-order chi connectivity index (χ1) is 20.4. The van der Waals surface area contributed by atoms with Crippen molar-refractivity contribution in [3.05, 3.63) is 94.3 Å². The van der Waals surface area contributed by atoms with Gasteiger partial charge in [0.25, 0.3) is 0 Å². The van der Waals surface area contributed by atoms with Crippen molar-refractivity contribution in [2.45, 2.75) is 77.5 Å². The van der Waals surface area contributed by atoms with Gasteiger partial charge in [0.05, 0.1) is 31.9 Å². The predicted molar refractivity (Wildman–Crippen MR) is 163 cm³/mol. The number of fused-ring (bicyclic) bond motifs is 1. The third-order valence-electron chi connectivity index (χ3n) is 7.83. The second-order valence-electron chi connectivity index (χ2n) is 12.0. The molecule has 3 aromatic rings. The molecule has 7 nitrogen and oxygen atoms in total. The molecule has 1 heterocycles. The summed E-state index contributed by atoms with van der Waals surface area (Å²) in [5.74, 6) is 0.164. The zero-order valence-electron chi connectivity index (χ0n) is 26.1. The summed E-state index contributed by atoms with van der Waals surface area (Å²) in [5, 5.41) is 0. The Morgan fingerprint density at radius 1 is 1.07 bits per heavy atom. The van der Waals surface area contributed by atoms with E-state index in [9.17, 15) is 14.0 Å². The van der Waals surface area contributed by atoms with Crippen molar-refractivity contribution in [3.63, 3.8) is 0 Å². The van der Waals surface area contributed by atoms with E-state index in [0.29, 0.717) is 24.9 Å². The third kappa shape index (κ3) is 7.66. The minimum absolute atomic E-state index is 0.0338. The van der Waals surface area contributed by atoms with Crippen LogP contribution in [-0.2, 0) is 9.47 Å². The lowest BCUT2D eigenvalue weighted by atomic mass is 9.82.